The van der Waals surface area contributed by atoms with Gasteiger partial charge >= 0.3 is 6.36 Å². The number of hydrogen-bond acceptors (Lipinski definition) is 2. The standard InChI is InChI=1S/C11H10F3NO2/c12-11(13,14)17-9-3-1-2-8-4-5-15(6-7-16)10(8)9/h1-5,16H,6-7H2. The van der Waals surface area contributed by atoms with Crippen molar-refractivity contribution in [1.29, 1.82) is 0 Å². The van der Waals surface area contributed by atoms with Gasteiger partial charge in [0.1, 0.15) is 0 Å². The number of rotatable bonds is 3. The number of benzene rings is 1. The third-order valence-electron chi connectivity index (χ3n) is 2.32. The first kappa shape index (κ1) is 11.8. The number of halogens is 3. The fourth-order valence-electron chi connectivity index (χ4n) is 1.73. The lowest BCUT2D eigenvalue weighted by Crippen LogP contribution is -2.17. The predicted molar refractivity (Wildman–Crippen MR) is 55.7 cm³/mol. The molecule has 0 atom stereocenters. The molecule has 1 N–H and O–H groups in total. The Morgan fingerprint density at radius 1 is 1.24 bits per heavy atom. The van der Waals surface area contributed by atoms with Gasteiger partial charge in [-0.3, -0.25) is 0 Å². The van der Waals surface area contributed by atoms with Gasteiger partial charge in [0.15, 0.2) is 5.75 Å². The molecule has 92 valence electrons. The average molecular weight is 245 g/mol. The lowest BCUT2D eigenvalue weighted by Gasteiger charge is -2.12. The summed E-state index contributed by atoms with van der Waals surface area (Å²) < 4.78 is 42.1. The Bertz CT molecular complexity index is 519. The summed E-state index contributed by atoms with van der Waals surface area (Å²) in [6.07, 6.45) is -3.10. The molecule has 0 aliphatic rings. The summed E-state index contributed by atoms with van der Waals surface area (Å²) in [5.74, 6) is -0.256. The van der Waals surface area contributed by atoms with Gasteiger partial charge in [-0.1, -0.05) is 12.1 Å². The quantitative estimate of drug-likeness (QED) is 0.901. The van der Waals surface area contributed by atoms with Crippen molar-refractivity contribution in [3.05, 3.63) is 30.5 Å². The molecule has 0 fully saturated rings. The van der Waals surface area contributed by atoms with E-state index >= 15 is 0 Å². The van der Waals surface area contributed by atoms with E-state index < -0.39 is 6.36 Å². The van der Waals surface area contributed by atoms with Gasteiger partial charge in [-0.05, 0) is 12.1 Å². The van der Waals surface area contributed by atoms with Crippen LogP contribution in [0.1, 0.15) is 0 Å². The Balaban J connectivity index is 2.50. The van der Waals surface area contributed by atoms with Crippen LogP contribution in [0.4, 0.5) is 13.2 Å². The van der Waals surface area contributed by atoms with E-state index in [0.717, 1.165) is 0 Å². The fraction of sp³-hybridized carbons (Fsp3) is 0.273. The molecule has 0 saturated heterocycles. The molecule has 0 unspecified atom stereocenters. The molecule has 1 aromatic carbocycles. The van der Waals surface area contributed by atoms with Gasteiger partial charge in [-0.2, -0.15) is 0 Å². The SMILES string of the molecule is OCCn1ccc2cccc(OC(F)(F)F)c21. The molecule has 0 aliphatic heterocycles. The number of aliphatic hydroxyl groups is 1. The number of para-hydroxylation sites is 1. The third-order valence-corrected chi connectivity index (χ3v) is 2.32. The zero-order valence-corrected chi connectivity index (χ0v) is 8.74. The van der Waals surface area contributed by atoms with Crippen LogP contribution in [0.2, 0.25) is 0 Å². The first-order valence-corrected chi connectivity index (χ1v) is 4.96. The molecule has 6 heteroatoms. The van der Waals surface area contributed by atoms with Gasteiger partial charge in [-0.25, -0.2) is 0 Å². The molecule has 0 saturated carbocycles. The van der Waals surface area contributed by atoms with Gasteiger partial charge in [-0.15, -0.1) is 13.2 Å². The lowest BCUT2D eigenvalue weighted by molar-refractivity contribution is -0.274. The fourth-order valence-corrected chi connectivity index (χ4v) is 1.73. The number of fused-ring (bicyclic) bond motifs is 1. The van der Waals surface area contributed by atoms with Crippen molar-refractivity contribution in [2.24, 2.45) is 0 Å². The van der Waals surface area contributed by atoms with Crippen LogP contribution in [0.25, 0.3) is 10.9 Å². The van der Waals surface area contributed by atoms with E-state index in [-0.39, 0.29) is 18.9 Å². The number of ether oxygens (including phenoxy) is 1. The van der Waals surface area contributed by atoms with Crippen molar-refractivity contribution in [3.63, 3.8) is 0 Å². The maximum atomic E-state index is 12.2. The van der Waals surface area contributed by atoms with Crippen LogP contribution in [0.3, 0.4) is 0 Å². The molecular weight excluding hydrogens is 235 g/mol. The zero-order valence-electron chi connectivity index (χ0n) is 8.74. The zero-order chi connectivity index (χ0) is 12.5. The number of hydrogen-bond donors (Lipinski definition) is 1. The summed E-state index contributed by atoms with van der Waals surface area (Å²) in [6.45, 7) is 0.0753. The smallest absolute Gasteiger partial charge is 0.404 e. The molecule has 17 heavy (non-hydrogen) atoms. The maximum absolute atomic E-state index is 12.2. The second kappa shape index (κ2) is 4.29. The third kappa shape index (κ3) is 2.52. The van der Waals surface area contributed by atoms with Gasteiger partial charge in [0.2, 0.25) is 0 Å². The van der Waals surface area contributed by atoms with Gasteiger partial charge in [0.05, 0.1) is 12.1 Å². The molecule has 1 heterocycles. The summed E-state index contributed by atoms with van der Waals surface area (Å²) >= 11 is 0. The highest BCUT2D eigenvalue weighted by atomic mass is 19.4. The van der Waals surface area contributed by atoms with Crippen molar-refractivity contribution in [1.82, 2.24) is 4.57 Å². The molecule has 0 bridgehead atoms. The minimum absolute atomic E-state index is 0.149. The molecule has 2 aromatic rings. The Hall–Kier alpha value is -1.69. The maximum Gasteiger partial charge on any atom is 0.573 e. The Morgan fingerprint density at radius 2 is 2.00 bits per heavy atom. The second-order valence-electron chi connectivity index (χ2n) is 3.47. The lowest BCUT2D eigenvalue weighted by atomic mass is 10.2. The van der Waals surface area contributed by atoms with Crippen LogP contribution >= 0.6 is 0 Å². The molecule has 0 radical (unpaired) electrons. The van der Waals surface area contributed by atoms with Crippen molar-refractivity contribution in [2.75, 3.05) is 6.61 Å². The van der Waals surface area contributed by atoms with Crippen LogP contribution in [0, 0.1) is 0 Å². The summed E-state index contributed by atoms with van der Waals surface area (Å²) in [5, 5.41) is 9.48. The van der Waals surface area contributed by atoms with Crippen molar-refractivity contribution in [2.45, 2.75) is 12.9 Å². The van der Waals surface area contributed by atoms with Crippen molar-refractivity contribution < 1.29 is 23.0 Å². The van der Waals surface area contributed by atoms with Gasteiger partial charge in [0.25, 0.3) is 0 Å². The molecule has 1 aromatic heterocycles. The van der Waals surface area contributed by atoms with Crippen LogP contribution in [-0.4, -0.2) is 22.6 Å². The highest BCUT2D eigenvalue weighted by molar-refractivity contribution is 5.86. The first-order valence-electron chi connectivity index (χ1n) is 4.96. The van der Waals surface area contributed by atoms with Crippen molar-refractivity contribution >= 4 is 10.9 Å². The van der Waals surface area contributed by atoms with E-state index in [1.165, 1.54) is 16.7 Å². The summed E-state index contributed by atoms with van der Waals surface area (Å²) in [5.41, 5.74) is 0.332. The minimum atomic E-state index is -4.72. The minimum Gasteiger partial charge on any atom is -0.404 e. The number of alkyl halides is 3. The van der Waals surface area contributed by atoms with Crippen LogP contribution in [0.5, 0.6) is 5.75 Å². The normalized spacial score (nSPS) is 12.0. The number of aliphatic hydroxyl groups excluding tert-OH is 1. The first-order chi connectivity index (χ1) is 8.01. The second-order valence-corrected chi connectivity index (χ2v) is 3.47. The van der Waals surface area contributed by atoms with Crippen molar-refractivity contribution in [3.8, 4) is 5.75 Å². The van der Waals surface area contributed by atoms with Gasteiger partial charge in [0, 0.05) is 18.1 Å². The molecular formula is C11H10F3NO2. The Labute approximate surface area is 95.0 Å². The van der Waals surface area contributed by atoms with Crippen LogP contribution in [-0.2, 0) is 6.54 Å². The summed E-state index contributed by atoms with van der Waals surface area (Å²) in [4.78, 5) is 0. The Kier molecular flexibility index (Phi) is 2.97. The molecule has 0 aliphatic carbocycles. The molecule has 0 spiro atoms. The Morgan fingerprint density at radius 3 is 2.65 bits per heavy atom. The number of nitrogens with zero attached hydrogens (tertiary/aromatic N) is 1. The van der Waals surface area contributed by atoms with E-state index in [1.807, 2.05) is 0 Å². The largest absolute Gasteiger partial charge is 0.573 e. The molecule has 3 nitrogen and oxygen atoms in total. The summed E-state index contributed by atoms with van der Waals surface area (Å²) in [7, 11) is 0. The van der Waals surface area contributed by atoms with E-state index in [9.17, 15) is 13.2 Å². The van der Waals surface area contributed by atoms with E-state index in [1.54, 1.807) is 18.3 Å². The highest BCUT2D eigenvalue weighted by Crippen LogP contribution is 2.31. The van der Waals surface area contributed by atoms with E-state index in [4.69, 9.17) is 5.11 Å². The van der Waals surface area contributed by atoms with Gasteiger partial charge < -0.3 is 14.4 Å². The average Bonchev–Trinajstić information content (AvgIpc) is 2.61. The highest BCUT2D eigenvalue weighted by Gasteiger charge is 2.32. The van der Waals surface area contributed by atoms with Crippen LogP contribution < -0.4 is 4.74 Å². The number of aromatic nitrogens is 1. The van der Waals surface area contributed by atoms with Crippen LogP contribution in [0.15, 0.2) is 30.5 Å². The predicted octanol–water partition coefficient (Wildman–Crippen LogP) is 2.53. The topological polar surface area (TPSA) is 34.4 Å². The molecule has 2 rings (SSSR count). The molecule has 0 amide bonds. The summed E-state index contributed by atoms with van der Waals surface area (Å²) in [6, 6.07) is 6.11. The van der Waals surface area contributed by atoms with E-state index in [0.29, 0.717) is 10.9 Å². The van der Waals surface area contributed by atoms with E-state index in [2.05, 4.69) is 4.74 Å². The monoisotopic (exact) mass is 245 g/mol.